The van der Waals surface area contributed by atoms with Crippen LogP contribution in [-0.4, -0.2) is 61.5 Å². The molecular weight excluding hydrogens is 651 g/mol. The maximum absolute atomic E-state index is 12.9. The quantitative estimate of drug-likeness (QED) is 0.0877. The number of nitrogens with zero attached hydrogens (tertiary/aromatic N) is 3. The second-order valence-corrected chi connectivity index (χ2v) is 13.5. The van der Waals surface area contributed by atoms with E-state index < -0.39 is 66.8 Å². The van der Waals surface area contributed by atoms with Crippen LogP contribution in [0.3, 0.4) is 0 Å². The average molecular weight is 671 g/mol. The number of imidazole rings is 1. The van der Waals surface area contributed by atoms with Crippen LogP contribution in [0.1, 0.15) is 6.23 Å². The number of anilines is 2. The third-order valence-electron chi connectivity index (χ3n) is 5.76. The fraction of sp³-hybridized carbons (Fsp3) is 0.412. The van der Waals surface area contributed by atoms with E-state index >= 15 is 0 Å². The topological polar surface area (TPSA) is 304 Å². The van der Waals surface area contributed by atoms with E-state index in [2.05, 4.69) is 33.4 Å². The molecule has 1 amide bonds. The number of phosphoric acid groups is 3. The molecule has 230 valence electrons. The van der Waals surface area contributed by atoms with Crippen molar-refractivity contribution < 1.29 is 70.0 Å². The van der Waals surface area contributed by atoms with E-state index in [-0.39, 0.29) is 16.2 Å². The molecule has 2 fully saturated rings. The highest BCUT2D eigenvalue weighted by atomic mass is 32.1. The van der Waals surface area contributed by atoms with E-state index in [0.29, 0.717) is 11.2 Å². The van der Waals surface area contributed by atoms with E-state index in [4.69, 9.17) is 37.1 Å². The maximum Gasteiger partial charge on any atom is 0.281 e. The second kappa shape index (κ2) is 11.3. The molecular formula is C17H20N7O14P3S-2. The summed E-state index contributed by atoms with van der Waals surface area (Å²) in [6.07, 6.45) is -1.56. The molecule has 0 aliphatic carbocycles. The van der Waals surface area contributed by atoms with Crippen LogP contribution in [-0.2, 0) is 52.9 Å². The van der Waals surface area contributed by atoms with Crippen LogP contribution in [0.15, 0.2) is 24.8 Å². The summed E-state index contributed by atoms with van der Waals surface area (Å²) in [5, 5.41) is 2.60. The molecule has 2 aliphatic rings. The number of nitrogens with one attached hydrogen (secondary N) is 3. The Morgan fingerprint density at radius 2 is 1.95 bits per heavy atom. The van der Waals surface area contributed by atoms with Crippen molar-refractivity contribution in [3.63, 3.8) is 0 Å². The largest absolute Gasteiger partial charge is 0.756 e. The van der Waals surface area contributed by atoms with Gasteiger partial charge in [0.1, 0.15) is 18.3 Å². The number of carbonyl (C=O) groups is 1. The van der Waals surface area contributed by atoms with Crippen molar-refractivity contribution in [1.29, 1.82) is 0 Å². The lowest BCUT2D eigenvalue weighted by Gasteiger charge is -2.33. The van der Waals surface area contributed by atoms with Gasteiger partial charge in [-0.2, -0.15) is 4.98 Å². The minimum absolute atomic E-state index is 0.0433. The summed E-state index contributed by atoms with van der Waals surface area (Å²) in [6.45, 7) is -0.967. The van der Waals surface area contributed by atoms with Gasteiger partial charge >= 0.3 is 0 Å². The Bertz CT molecular complexity index is 1720. The average Bonchev–Trinajstić information content (AvgIpc) is 3.59. The van der Waals surface area contributed by atoms with Crippen LogP contribution in [0.2, 0.25) is 0 Å². The smallest absolute Gasteiger partial charge is 0.281 e. The first-order chi connectivity index (χ1) is 19.5. The monoisotopic (exact) mass is 671 g/mol. The number of aromatic nitrogens is 5. The summed E-state index contributed by atoms with van der Waals surface area (Å²) in [6, 6.07) is 1.62. The van der Waals surface area contributed by atoms with Crippen molar-refractivity contribution in [2.45, 2.75) is 30.8 Å². The number of hydrogen-bond donors (Lipinski definition) is 5. The lowest BCUT2D eigenvalue weighted by Crippen LogP contribution is -2.46. The van der Waals surface area contributed by atoms with E-state index in [9.17, 15) is 33.2 Å². The van der Waals surface area contributed by atoms with Gasteiger partial charge in [-0.1, -0.05) is 12.2 Å². The molecule has 2 aliphatic heterocycles. The molecule has 25 heteroatoms. The molecule has 21 nitrogen and oxygen atoms in total. The molecule has 0 spiro atoms. The number of hydrogen-bond acceptors (Lipinski definition) is 16. The molecule has 0 aromatic carbocycles. The molecule has 8 unspecified atom stereocenters. The second-order valence-electron chi connectivity index (χ2n) is 8.81. The van der Waals surface area contributed by atoms with Gasteiger partial charge in [0.2, 0.25) is 18.0 Å². The van der Waals surface area contributed by atoms with Gasteiger partial charge in [-0.15, -0.1) is 0 Å². The number of ether oxygens (including phenoxy) is 3. The number of amides is 1. The van der Waals surface area contributed by atoms with Crippen molar-refractivity contribution in [2.75, 3.05) is 17.7 Å². The molecule has 0 radical (unpaired) electrons. The highest BCUT2D eigenvalue weighted by Gasteiger charge is 2.57. The first kappa shape index (κ1) is 31.0. The van der Waals surface area contributed by atoms with E-state index in [1.807, 2.05) is 0 Å². The molecule has 0 saturated carbocycles. The Labute approximate surface area is 238 Å². The van der Waals surface area contributed by atoms with E-state index in [0.717, 1.165) is 0 Å². The van der Waals surface area contributed by atoms with Crippen LogP contribution in [0.4, 0.5) is 11.6 Å². The van der Waals surface area contributed by atoms with Crippen molar-refractivity contribution in [2.24, 2.45) is 7.05 Å². The molecule has 8 atom stereocenters. The fourth-order valence-electron chi connectivity index (χ4n) is 4.25. The van der Waals surface area contributed by atoms with Gasteiger partial charge in [0.25, 0.3) is 41.0 Å². The van der Waals surface area contributed by atoms with E-state index in [1.54, 1.807) is 30.1 Å². The van der Waals surface area contributed by atoms with Gasteiger partial charge in [0.15, 0.2) is 11.0 Å². The Kier molecular flexibility index (Phi) is 8.33. The third kappa shape index (κ3) is 6.88. The number of aromatic amines is 2. The van der Waals surface area contributed by atoms with Crippen molar-refractivity contribution in [1.82, 2.24) is 19.5 Å². The summed E-state index contributed by atoms with van der Waals surface area (Å²) in [7, 11) is -16.2. The summed E-state index contributed by atoms with van der Waals surface area (Å²) in [5.74, 6) is -0.752. The highest BCUT2D eigenvalue weighted by molar-refractivity contribution is 7.71. The van der Waals surface area contributed by atoms with Crippen molar-refractivity contribution in [3.8, 4) is 0 Å². The Balaban J connectivity index is 1.38. The van der Waals surface area contributed by atoms with Crippen molar-refractivity contribution in [3.05, 3.63) is 29.4 Å². The first-order valence-electron chi connectivity index (χ1n) is 11.4. The molecule has 6 N–H and O–H groups in total. The zero-order valence-electron chi connectivity index (χ0n) is 20.8. The van der Waals surface area contributed by atoms with E-state index in [1.165, 1.54) is 10.9 Å². The third-order valence-corrected chi connectivity index (χ3v) is 9.75. The zero-order valence-corrected chi connectivity index (χ0v) is 24.3. The summed E-state index contributed by atoms with van der Waals surface area (Å²) >= 11 is 5.20. The predicted molar refractivity (Wildman–Crippen MR) is 131 cm³/mol. The fourth-order valence-corrected chi connectivity index (χ4v) is 7.40. The number of phosphoric ester groups is 1. The standard InChI is InChI=1S/C17H22N7O14P3S/c1-23-3-2-7(4-23)20-13(25)16-35-10-8(5-33-40(29,30)38-41(31,32)37-39(26,27)28)34-15(11(10)36-16)24-6-19-9-12(24)21-17(18)22-14(9)42/h2-4,6,8,10-11,15-16H,5H2,1H3,(H8,18,20,21,22,25,26,27,28,29,30,31,32,42)/p-2. The van der Waals surface area contributed by atoms with Gasteiger partial charge in [0, 0.05) is 19.4 Å². The molecule has 0 bridgehead atoms. The summed E-state index contributed by atoms with van der Waals surface area (Å²) < 4.78 is 66.5. The number of aryl methyl sites for hydroxylation is 1. The molecule has 5 heterocycles. The lowest BCUT2D eigenvalue weighted by molar-refractivity contribution is -0.745. The molecule has 3 aromatic heterocycles. The number of nitrogen functional groups attached to an aromatic ring is 1. The Morgan fingerprint density at radius 1 is 1.24 bits per heavy atom. The summed E-state index contributed by atoms with van der Waals surface area (Å²) in [4.78, 5) is 65.4. The first-order valence-corrected chi connectivity index (χ1v) is 16.2. The number of rotatable bonds is 10. The maximum atomic E-state index is 12.9. The SMILES string of the molecule is Cn1ccc(NC(=O)C2OC3C(COP(=O)([O-])OP(=O)([O-])OP(=O)([O-])O)OC([n+]4c[nH]c5c(=S)nc(N)[nH]c54)C3O2)c1. The normalized spacial score (nSPS) is 28.2. The number of H-pyrrole nitrogens is 2. The highest BCUT2D eigenvalue weighted by Crippen LogP contribution is 2.61. The van der Waals surface area contributed by atoms with Gasteiger partial charge in [-0.05, 0) is 6.07 Å². The molecule has 5 rings (SSSR count). The van der Waals surface area contributed by atoms with Crippen LogP contribution in [0, 0.1) is 4.64 Å². The number of carbonyl (C=O) groups excluding carboxylic acids is 1. The van der Waals surface area contributed by atoms with Gasteiger partial charge < -0.3 is 53.9 Å². The zero-order chi connectivity index (χ0) is 30.6. The van der Waals surface area contributed by atoms with Gasteiger partial charge in [-0.25, -0.2) is 18.2 Å². The lowest BCUT2D eigenvalue weighted by atomic mass is 10.1. The Hall–Kier alpha value is -2.39. The van der Waals surface area contributed by atoms with Crippen molar-refractivity contribution >= 4 is 64.4 Å². The minimum atomic E-state index is -6.13. The molecule has 3 aromatic rings. The van der Waals surface area contributed by atoms with Crippen LogP contribution < -0.4 is 30.3 Å². The molecule has 42 heavy (non-hydrogen) atoms. The van der Waals surface area contributed by atoms with Crippen LogP contribution >= 0.6 is 35.7 Å². The number of fused-ring (bicyclic) bond motifs is 2. The number of nitrogens with two attached hydrogens (primary N) is 1. The Morgan fingerprint density at radius 3 is 2.62 bits per heavy atom. The van der Waals surface area contributed by atoms with Crippen LogP contribution in [0.5, 0.6) is 0 Å². The minimum Gasteiger partial charge on any atom is -0.756 e. The van der Waals surface area contributed by atoms with Crippen LogP contribution in [0.25, 0.3) is 11.2 Å². The predicted octanol–water partition coefficient (Wildman–Crippen LogP) is -2.08. The summed E-state index contributed by atoms with van der Waals surface area (Å²) in [5.41, 5.74) is 6.85. The van der Waals surface area contributed by atoms with Gasteiger partial charge in [0.05, 0.1) is 12.3 Å². The van der Waals surface area contributed by atoms with Gasteiger partial charge in [-0.3, -0.25) is 23.5 Å². The molecule has 2 saturated heterocycles.